The molecule has 0 atom stereocenters. The number of rotatable bonds is 3. The molecule has 4 heteroatoms. The van der Waals surface area contributed by atoms with Crippen LogP contribution in [0.25, 0.3) is 0 Å². The molecule has 2 rings (SSSR count). The van der Waals surface area contributed by atoms with Gasteiger partial charge in [-0.2, -0.15) is 0 Å². The Bertz CT molecular complexity index is 500. The zero-order valence-electron chi connectivity index (χ0n) is 8.35. The molecule has 0 bridgehead atoms. The standard InChI is InChI=1S/C12H9BrN2O/c13-9-6-7-11(15-16)12(8-9)14-10-4-2-1-3-5-10/h1-8,14H. The molecule has 0 aliphatic heterocycles. The van der Waals surface area contributed by atoms with Crippen LogP contribution in [0.4, 0.5) is 17.1 Å². The number of anilines is 2. The fourth-order valence-electron chi connectivity index (χ4n) is 1.36. The van der Waals surface area contributed by atoms with Crippen molar-refractivity contribution in [3.05, 3.63) is 57.9 Å². The molecule has 0 aliphatic rings. The summed E-state index contributed by atoms with van der Waals surface area (Å²) in [7, 11) is 0. The highest BCUT2D eigenvalue weighted by Crippen LogP contribution is 2.30. The first-order valence-corrected chi connectivity index (χ1v) is 5.54. The van der Waals surface area contributed by atoms with Gasteiger partial charge in [-0.25, -0.2) is 0 Å². The smallest absolute Gasteiger partial charge is 0.131 e. The molecule has 0 spiro atoms. The molecule has 16 heavy (non-hydrogen) atoms. The highest BCUT2D eigenvalue weighted by atomic mass is 79.9. The van der Waals surface area contributed by atoms with Gasteiger partial charge in [0.25, 0.3) is 0 Å². The first-order valence-electron chi connectivity index (χ1n) is 4.74. The molecule has 0 saturated heterocycles. The molecule has 0 saturated carbocycles. The summed E-state index contributed by atoms with van der Waals surface area (Å²) < 4.78 is 0.901. The Balaban J connectivity index is 2.33. The molecule has 0 radical (unpaired) electrons. The molecule has 0 aromatic heterocycles. The molecule has 0 unspecified atom stereocenters. The molecule has 0 amide bonds. The molecule has 2 aromatic carbocycles. The summed E-state index contributed by atoms with van der Waals surface area (Å²) in [4.78, 5) is 10.6. The van der Waals surface area contributed by atoms with Crippen molar-refractivity contribution in [1.29, 1.82) is 0 Å². The maximum absolute atomic E-state index is 10.6. The highest BCUT2D eigenvalue weighted by Gasteiger charge is 2.03. The summed E-state index contributed by atoms with van der Waals surface area (Å²) in [5.74, 6) is 0. The minimum absolute atomic E-state index is 0.395. The van der Waals surface area contributed by atoms with Gasteiger partial charge in [-0.15, -0.1) is 4.91 Å². The molecule has 1 N–H and O–H groups in total. The maximum Gasteiger partial charge on any atom is 0.131 e. The van der Waals surface area contributed by atoms with Crippen molar-refractivity contribution >= 4 is 33.0 Å². The number of nitroso groups, excluding NO2 is 1. The molecular weight excluding hydrogens is 268 g/mol. The maximum atomic E-state index is 10.6. The Morgan fingerprint density at radius 3 is 2.50 bits per heavy atom. The Kier molecular flexibility index (Phi) is 3.31. The van der Waals surface area contributed by atoms with Crippen LogP contribution in [-0.2, 0) is 0 Å². The lowest BCUT2D eigenvalue weighted by atomic mass is 10.2. The van der Waals surface area contributed by atoms with E-state index < -0.39 is 0 Å². The summed E-state index contributed by atoms with van der Waals surface area (Å²) in [5.41, 5.74) is 2.01. The van der Waals surface area contributed by atoms with E-state index in [1.54, 1.807) is 12.1 Å². The molecule has 80 valence electrons. The predicted octanol–water partition coefficient (Wildman–Crippen LogP) is 4.59. The first-order chi connectivity index (χ1) is 7.79. The average molecular weight is 277 g/mol. The van der Waals surface area contributed by atoms with Gasteiger partial charge in [-0.3, -0.25) is 0 Å². The second-order valence-corrected chi connectivity index (χ2v) is 4.16. The second-order valence-electron chi connectivity index (χ2n) is 3.24. The van der Waals surface area contributed by atoms with E-state index in [-0.39, 0.29) is 0 Å². The van der Waals surface area contributed by atoms with Gasteiger partial charge in [-0.05, 0) is 35.5 Å². The van der Waals surface area contributed by atoms with Crippen LogP contribution in [-0.4, -0.2) is 0 Å². The number of halogens is 1. The van der Waals surface area contributed by atoms with Crippen molar-refractivity contribution in [2.75, 3.05) is 5.32 Å². The van der Waals surface area contributed by atoms with Crippen LogP contribution in [0.2, 0.25) is 0 Å². The van der Waals surface area contributed by atoms with E-state index in [0.717, 1.165) is 10.2 Å². The van der Waals surface area contributed by atoms with Gasteiger partial charge in [0.15, 0.2) is 0 Å². The van der Waals surface area contributed by atoms with Crippen LogP contribution >= 0.6 is 15.9 Å². The van der Waals surface area contributed by atoms with Crippen LogP contribution < -0.4 is 5.32 Å². The Morgan fingerprint density at radius 1 is 1.06 bits per heavy atom. The SMILES string of the molecule is O=Nc1ccc(Br)cc1Nc1ccccc1. The average Bonchev–Trinajstić information content (AvgIpc) is 2.31. The fraction of sp³-hybridized carbons (Fsp3) is 0. The van der Waals surface area contributed by atoms with Crippen LogP contribution in [0.1, 0.15) is 0 Å². The quantitative estimate of drug-likeness (QED) is 0.833. The predicted molar refractivity (Wildman–Crippen MR) is 69.3 cm³/mol. The lowest BCUT2D eigenvalue weighted by Crippen LogP contribution is -1.89. The van der Waals surface area contributed by atoms with Crippen molar-refractivity contribution in [1.82, 2.24) is 0 Å². The number of nitrogens with one attached hydrogen (secondary N) is 1. The van der Waals surface area contributed by atoms with Gasteiger partial charge in [-0.1, -0.05) is 34.1 Å². The number of nitrogens with zero attached hydrogens (tertiary/aromatic N) is 1. The largest absolute Gasteiger partial charge is 0.354 e. The number of para-hydroxylation sites is 1. The molecule has 2 aromatic rings. The summed E-state index contributed by atoms with van der Waals surface area (Å²) >= 11 is 3.36. The number of hydrogen-bond donors (Lipinski definition) is 1. The minimum atomic E-state index is 0.395. The van der Waals surface area contributed by atoms with Crippen molar-refractivity contribution in [3.63, 3.8) is 0 Å². The number of hydrogen-bond acceptors (Lipinski definition) is 3. The third-order valence-corrected chi connectivity index (χ3v) is 2.60. The van der Waals surface area contributed by atoms with Gasteiger partial charge < -0.3 is 5.32 Å². The summed E-state index contributed by atoms with van der Waals surface area (Å²) in [5, 5.41) is 6.11. The van der Waals surface area contributed by atoms with Crippen LogP contribution in [0.15, 0.2) is 58.2 Å². The van der Waals surface area contributed by atoms with Crippen molar-refractivity contribution in [3.8, 4) is 0 Å². The van der Waals surface area contributed by atoms with Gasteiger partial charge in [0.05, 0.1) is 5.69 Å². The normalized spacial score (nSPS) is 9.81. The van der Waals surface area contributed by atoms with E-state index in [1.807, 2.05) is 36.4 Å². The zero-order valence-corrected chi connectivity index (χ0v) is 9.94. The lowest BCUT2D eigenvalue weighted by molar-refractivity contribution is 1.45. The first kappa shape index (κ1) is 10.8. The van der Waals surface area contributed by atoms with E-state index >= 15 is 0 Å². The lowest BCUT2D eigenvalue weighted by Gasteiger charge is -2.07. The zero-order chi connectivity index (χ0) is 11.4. The Labute approximate surface area is 102 Å². The monoisotopic (exact) mass is 276 g/mol. The molecule has 3 nitrogen and oxygen atoms in total. The molecule has 0 fully saturated rings. The third kappa shape index (κ3) is 2.46. The van der Waals surface area contributed by atoms with Crippen molar-refractivity contribution in [2.24, 2.45) is 5.18 Å². The van der Waals surface area contributed by atoms with E-state index in [2.05, 4.69) is 26.4 Å². The third-order valence-electron chi connectivity index (χ3n) is 2.11. The van der Waals surface area contributed by atoms with E-state index in [1.165, 1.54) is 0 Å². The second kappa shape index (κ2) is 4.90. The topological polar surface area (TPSA) is 41.5 Å². The Morgan fingerprint density at radius 2 is 1.81 bits per heavy atom. The minimum Gasteiger partial charge on any atom is -0.354 e. The van der Waals surface area contributed by atoms with E-state index in [9.17, 15) is 4.91 Å². The van der Waals surface area contributed by atoms with Gasteiger partial charge in [0.1, 0.15) is 5.69 Å². The van der Waals surface area contributed by atoms with Gasteiger partial charge in [0, 0.05) is 10.2 Å². The van der Waals surface area contributed by atoms with E-state index in [0.29, 0.717) is 11.4 Å². The van der Waals surface area contributed by atoms with Crippen LogP contribution in [0, 0.1) is 4.91 Å². The molecular formula is C12H9BrN2O. The van der Waals surface area contributed by atoms with Crippen molar-refractivity contribution in [2.45, 2.75) is 0 Å². The fourth-order valence-corrected chi connectivity index (χ4v) is 1.73. The van der Waals surface area contributed by atoms with Crippen molar-refractivity contribution < 1.29 is 0 Å². The Hall–Kier alpha value is -1.68. The van der Waals surface area contributed by atoms with Gasteiger partial charge >= 0.3 is 0 Å². The van der Waals surface area contributed by atoms with Crippen LogP contribution in [0.3, 0.4) is 0 Å². The number of benzene rings is 2. The summed E-state index contributed by atoms with van der Waals surface area (Å²) in [6.07, 6.45) is 0. The molecule has 0 aliphatic carbocycles. The highest BCUT2D eigenvalue weighted by molar-refractivity contribution is 9.10. The van der Waals surface area contributed by atoms with Gasteiger partial charge in [0.2, 0.25) is 0 Å². The van der Waals surface area contributed by atoms with E-state index in [4.69, 9.17) is 0 Å². The van der Waals surface area contributed by atoms with Crippen LogP contribution in [0.5, 0.6) is 0 Å². The molecule has 0 heterocycles. The summed E-state index contributed by atoms with van der Waals surface area (Å²) in [6, 6.07) is 14.9. The summed E-state index contributed by atoms with van der Waals surface area (Å²) in [6.45, 7) is 0.